The minimum absolute atomic E-state index is 0.275. The van der Waals surface area contributed by atoms with Crippen LogP contribution in [0.15, 0.2) is 24.3 Å². The van der Waals surface area contributed by atoms with E-state index in [2.05, 4.69) is 10.1 Å². The van der Waals surface area contributed by atoms with Crippen molar-refractivity contribution in [1.29, 1.82) is 0 Å². The highest BCUT2D eigenvalue weighted by molar-refractivity contribution is 5.68. The molecule has 1 N–H and O–H groups in total. The van der Waals surface area contributed by atoms with Crippen LogP contribution < -0.4 is 5.32 Å². The summed E-state index contributed by atoms with van der Waals surface area (Å²) in [5.74, 6) is 0. The Labute approximate surface area is 95.6 Å². The summed E-state index contributed by atoms with van der Waals surface area (Å²) in [6.07, 6.45) is -4.32. The second-order valence-electron chi connectivity index (χ2n) is 3.74. The van der Waals surface area contributed by atoms with Gasteiger partial charge in [-0.15, -0.1) is 0 Å². The summed E-state index contributed by atoms with van der Waals surface area (Å²) in [4.78, 5) is 11.0. The average molecular weight is 245 g/mol. The summed E-state index contributed by atoms with van der Waals surface area (Å²) >= 11 is 0. The number of nitrogens with one attached hydrogen (secondary N) is 1. The summed E-state index contributed by atoms with van der Waals surface area (Å²) < 4.78 is 41.7. The molecule has 3 nitrogen and oxygen atoms in total. The maximum atomic E-state index is 12.3. The van der Waals surface area contributed by atoms with Crippen molar-refractivity contribution in [3.63, 3.8) is 0 Å². The molecule has 0 unspecified atom stereocenters. The van der Waals surface area contributed by atoms with Crippen molar-refractivity contribution in [2.24, 2.45) is 0 Å². The second kappa shape index (κ2) is 4.27. The molecule has 1 aliphatic heterocycles. The van der Waals surface area contributed by atoms with Crippen LogP contribution in [0.4, 0.5) is 18.0 Å². The molecular formula is C11H10F3NO2. The third-order valence-electron chi connectivity index (χ3n) is 2.57. The van der Waals surface area contributed by atoms with Gasteiger partial charge in [-0.1, -0.05) is 12.1 Å². The van der Waals surface area contributed by atoms with Crippen LogP contribution in [-0.4, -0.2) is 12.7 Å². The number of alkyl carbamates (subject to hydrolysis) is 1. The Morgan fingerprint density at radius 2 is 1.88 bits per heavy atom. The lowest BCUT2D eigenvalue weighted by atomic mass is 10.0. The molecule has 2 rings (SSSR count). The summed E-state index contributed by atoms with van der Waals surface area (Å²) in [6, 6.07) is 4.49. The molecule has 0 aliphatic carbocycles. The smallest absolute Gasteiger partial charge is 0.416 e. The number of hydrogen-bond acceptors (Lipinski definition) is 2. The van der Waals surface area contributed by atoms with Crippen molar-refractivity contribution in [1.82, 2.24) is 5.32 Å². The monoisotopic (exact) mass is 245 g/mol. The fraction of sp³-hybridized carbons (Fsp3) is 0.364. The van der Waals surface area contributed by atoms with Gasteiger partial charge in [0.15, 0.2) is 0 Å². The normalized spacial score (nSPS) is 20.6. The molecule has 17 heavy (non-hydrogen) atoms. The van der Waals surface area contributed by atoms with E-state index in [1.54, 1.807) is 0 Å². The first-order valence-corrected chi connectivity index (χ1v) is 5.07. The summed E-state index contributed by atoms with van der Waals surface area (Å²) in [5.41, 5.74) is -0.0470. The van der Waals surface area contributed by atoms with Gasteiger partial charge in [0.05, 0.1) is 18.2 Å². The molecule has 1 atom stereocenters. The quantitative estimate of drug-likeness (QED) is 0.826. The number of hydrogen-bond donors (Lipinski definition) is 1. The van der Waals surface area contributed by atoms with Crippen LogP contribution in [-0.2, 0) is 10.9 Å². The molecule has 1 heterocycles. The van der Waals surface area contributed by atoms with Gasteiger partial charge >= 0.3 is 12.3 Å². The number of carbonyl (C=O) groups excluding carboxylic acids is 1. The van der Waals surface area contributed by atoms with E-state index >= 15 is 0 Å². The molecule has 92 valence electrons. The average Bonchev–Trinajstić information content (AvgIpc) is 2.28. The number of amides is 1. The van der Waals surface area contributed by atoms with Gasteiger partial charge in [0.2, 0.25) is 0 Å². The number of rotatable bonds is 1. The van der Waals surface area contributed by atoms with Crippen LogP contribution in [0.2, 0.25) is 0 Å². The van der Waals surface area contributed by atoms with Gasteiger partial charge in [0, 0.05) is 6.42 Å². The SMILES string of the molecule is O=C1N[C@H](c2ccc(C(F)(F)F)cc2)CCO1. The van der Waals surface area contributed by atoms with E-state index in [0.717, 1.165) is 12.1 Å². The molecule has 1 saturated heterocycles. The van der Waals surface area contributed by atoms with Crippen molar-refractivity contribution in [2.45, 2.75) is 18.6 Å². The molecular weight excluding hydrogens is 235 g/mol. The maximum Gasteiger partial charge on any atom is 0.416 e. The van der Waals surface area contributed by atoms with E-state index in [4.69, 9.17) is 0 Å². The van der Waals surface area contributed by atoms with Crippen molar-refractivity contribution < 1.29 is 22.7 Å². The molecule has 1 aromatic rings. The third-order valence-corrected chi connectivity index (χ3v) is 2.57. The van der Waals surface area contributed by atoms with E-state index in [1.165, 1.54) is 12.1 Å². The van der Waals surface area contributed by atoms with E-state index in [1.807, 2.05) is 0 Å². The van der Waals surface area contributed by atoms with E-state index in [0.29, 0.717) is 12.0 Å². The van der Waals surface area contributed by atoms with Crippen LogP contribution in [0.25, 0.3) is 0 Å². The molecule has 1 amide bonds. The van der Waals surface area contributed by atoms with E-state index in [9.17, 15) is 18.0 Å². The van der Waals surface area contributed by atoms with Crippen molar-refractivity contribution >= 4 is 6.09 Å². The highest BCUT2D eigenvalue weighted by Gasteiger charge is 2.30. The number of halogens is 3. The molecule has 0 aromatic heterocycles. The number of ether oxygens (including phenoxy) is 1. The zero-order valence-corrected chi connectivity index (χ0v) is 8.75. The van der Waals surface area contributed by atoms with Crippen LogP contribution in [0, 0.1) is 0 Å². The lowest BCUT2D eigenvalue weighted by Gasteiger charge is -2.23. The van der Waals surface area contributed by atoms with Crippen LogP contribution in [0.3, 0.4) is 0 Å². The zero-order chi connectivity index (χ0) is 12.5. The first-order chi connectivity index (χ1) is 7.97. The zero-order valence-electron chi connectivity index (χ0n) is 8.75. The van der Waals surface area contributed by atoms with Gasteiger partial charge in [0.25, 0.3) is 0 Å². The fourth-order valence-corrected chi connectivity index (χ4v) is 1.68. The Morgan fingerprint density at radius 1 is 1.24 bits per heavy atom. The number of carbonyl (C=O) groups is 1. The van der Waals surface area contributed by atoms with Crippen molar-refractivity contribution in [2.75, 3.05) is 6.61 Å². The topological polar surface area (TPSA) is 38.3 Å². The minimum atomic E-state index is -4.34. The Hall–Kier alpha value is -1.72. The van der Waals surface area contributed by atoms with Crippen LogP contribution in [0.1, 0.15) is 23.6 Å². The van der Waals surface area contributed by atoms with Gasteiger partial charge < -0.3 is 10.1 Å². The molecule has 0 saturated carbocycles. The maximum absolute atomic E-state index is 12.3. The van der Waals surface area contributed by atoms with Gasteiger partial charge in [-0.05, 0) is 17.7 Å². The third kappa shape index (κ3) is 2.69. The first-order valence-electron chi connectivity index (χ1n) is 5.07. The highest BCUT2D eigenvalue weighted by atomic mass is 19.4. The second-order valence-corrected chi connectivity index (χ2v) is 3.74. The summed E-state index contributed by atoms with van der Waals surface area (Å²) in [7, 11) is 0. The van der Waals surface area contributed by atoms with Gasteiger partial charge in [-0.3, -0.25) is 0 Å². The minimum Gasteiger partial charge on any atom is -0.449 e. The summed E-state index contributed by atoms with van der Waals surface area (Å²) in [6.45, 7) is 0.275. The van der Waals surface area contributed by atoms with Gasteiger partial charge in [0.1, 0.15) is 0 Å². The van der Waals surface area contributed by atoms with E-state index < -0.39 is 17.8 Å². The molecule has 1 fully saturated rings. The molecule has 0 spiro atoms. The van der Waals surface area contributed by atoms with Crippen molar-refractivity contribution in [3.8, 4) is 0 Å². The first kappa shape index (κ1) is 11.8. The molecule has 1 aliphatic rings. The van der Waals surface area contributed by atoms with Crippen molar-refractivity contribution in [3.05, 3.63) is 35.4 Å². The van der Waals surface area contributed by atoms with Crippen LogP contribution in [0.5, 0.6) is 0 Å². The Bertz CT molecular complexity index is 414. The predicted octanol–water partition coefficient (Wildman–Crippen LogP) is 2.88. The lowest BCUT2D eigenvalue weighted by Crippen LogP contribution is -2.35. The number of alkyl halides is 3. The Balaban J connectivity index is 2.15. The molecule has 0 radical (unpaired) electrons. The standard InChI is InChI=1S/C11H10F3NO2/c12-11(13,14)8-3-1-7(2-4-8)9-5-6-17-10(16)15-9/h1-4,9H,5-6H2,(H,15,16)/t9-/m0/s1. The fourth-order valence-electron chi connectivity index (χ4n) is 1.68. The molecule has 0 bridgehead atoms. The Kier molecular flexibility index (Phi) is 2.95. The lowest BCUT2D eigenvalue weighted by molar-refractivity contribution is -0.137. The largest absolute Gasteiger partial charge is 0.449 e. The summed E-state index contributed by atoms with van der Waals surface area (Å²) in [5, 5.41) is 2.55. The molecule has 1 aromatic carbocycles. The number of cyclic esters (lactones) is 1. The predicted molar refractivity (Wildman–Crippen MR) is 53.3 cm³/mol. The highest BCUT2D eigenvalue weighted by Crippen LogP contribution is 2.30. The Morgan fingerprint density at radius 3 is 2.41 bits per heavy atom. The number of benzene rings is 1. The van der Waals surface area contributed by atoms with E-state index in [-0.39, 0.29) is 12.6 Å². The molecule has 6 heteroatoms. The van der Waals surface area contributed by atoms with Gasteiger partial charge in [-0.25, -0.2) is 4.79 Å². The van der Waals surface area contributed by atoms with Crippen LogP contribution >= 0.6 is 0 Å². The van der Waals surface area contributed by atoms with Gasteiger partial charge in [-0.2, -0.15) is 13.2 Å².